The van der Waals surface area contributed by atoms with Crippen molar-refractivity contribution < 1.29 is 14.2 Å². The van der Waals surface area contributed by atoms with Crippen molar-refractivity contribution in [2.75, 3.05) is 33.4 Å². The highest BCUT2D eigenvalue weighted by atomic mass is 127. The van der Waals surface area contributed by atoms with E-state index in [-0.39, 0.29) is 24.0 Å². The number of nitrogens with zero attached hydrogens (tertiary/aromatic N) is 1. The lowest BCUT2D eigenvalue weighted by Gasteiger charge is -2.13. The van der Waals surface area contributed by atoms with E-state index in [1.54, 1.807) is 7.11 Å². The fourth-order valence-corrected chi connectivity index (χ4v) is 2.86. The highest BCUT2D eigenvalue weighted by Gasteiger charge is 2.07. The van der Waals surface area contributed by atoms with Crippen LogP contribution in [0.25, 0.3) is 0 Å². The van der Waals surface area contributed by atoms with E-state index in [9.17, 15) is 0 Å². The number of hydrogen-bond acceptors (Lipinski definition) is 4. The van der Waals surface area contributed by atoms with Crippen LogP contribution in [0, 0.1) is 0 Å². The molecule has 0 amide bonds. The van der Waals surface area contributed by atoms with Gasteiger partial charge in [-0.25, -0.2) is 4.99 Å². The fourth-order valence-electron chi connectivity index (χ4n) is 2.86. The van der Waals surface area contributed by atoms with Gasteiger partial charge in [-0.3, -0.25) is 0 Å². The molecule has 2 aromatic carbocycles. The van der Waals surface area contributed by atoms with Crippen LogP contribution in [0.5, 0.6) is 11.5 Å². The second kappa shape index (κ2) is 16.7. The highest BCUT2D eigenvalue weighted by Crippen LogP contribution is 2.29. The Morgan fingerprint density at radius 1 is 0.935 bits per heavy atom. The molecule has 2 N–H and O–H groups in total. The van der Waals surface area contributed by atoms with Crippen LogP contribution in [0.1, 0.15) is 37.8 Å². The number of benzene rings is 2. The molecule has 0 saturated heterocycles. The van der Waals surface area contributed by atoms with Crippen molar-refractivity contribution in [1.82, 2.24) is 10.6 Å². The zero-order chi connectivity index (χ0) is 21.4. The van der Waals surface area contributed by atoms with Crippen LogP contribution < -0.4 is 20.1 Å². The molecule has 0 saturated carbocycles. The van der Waals surface area contributed by atoms with Gasteiger partial charge in [-0.15, -0.1) is 24.0 Å². The molecule has 31 heavy (non-hydrogen) atoms. The third kappa shape index (κ3) is 10.7. The van der Waals surface area contributed by atoms with E-state index in [1.165, 1.54) is 0 Å². The maximum atomic E-state index is 5.93. The Morgan fingerprint density at radius 2 is 1.74 bits per heavy atom. The first-order valence-corrected chi connectivity index (χ1v) is 10.7. The Hall–Kier alpha value is -2.00. The average Bonchev–Trinajstić information content (AvgIpc) is 2.79. The van der Waals surface area contributed by atoms with Crippen molar-refractivity contribution in [3.8, 4) is 11.5 Å². The quantitative estimate of drug-likeness (QED) is 0.166. The molecule has 0 unspecified atom stereocenters. The maximum absolute atomic E-state index is 5.93. The number of nitrogens with one attached hydrogen (secondary N) is 2. The van der Waals surface area contributed by atoms with Gasteiger partial charge in [0.25, 0.3) is 0 Å². The van der Waals surface area contributed by atoms with Gasteiger partial charge in [-0.05, 0) is 49.9 Å². The Kier molecular flexibility index (Phi) is 14.5. The summed E-state index contributed by atoms with van der Waals surface area (Å²) >= 11 is 0. The number of ether oxygens (including phenoxy) is 3. The van der Waals surface area contributed by atoms with E-state index >= 15 is 0 Å². The minimum atomic E-state index is 0. The molecule has 2 aromatic rings. The minimum Gasteiger partial charge on any atom is -0.493 e. The number of rotatable bonds is 13. The summed E-state index contributed by atoms with van der Waals surface area (Å²) in [4.78, 5) is 4.68. The number of halogens is 1. The first-order valence-electron chi connectivity index (χ1n) is 10.7. The maximum Gasteiger partial charge on any atom is 0.191 e. The van der Waals surface area contributed by atoms with Crippen molar-refractivity contribution in [2.24, 2.45) is 4.99 Å². The van der Waals surface area contributed by atoms with Crippen LogP contribution in [0.4, 0.5) is 0 Å². The summed E-state index contributed by atoms with van der Waals surface area (Å²) in [6.07, 6.45) is 2.09. The predicted molar refractivity (Wildman–Crippen MR) is 138 cm³/mol. The molecule has 2 rings (SSSR count). The molecular weight excluding hydrogens is 505 g/mol. The summed E-state index contributed by atoms with van der Waals surface area (Å²) in [7, 11) is 1.66. The molecule has 0 spiro atoms. The van der Waals surface area contributed by atoms with Gasteiger partial charge in [-0.1, -0.05) is 36.4 Å². The van der Waals surface area contributed by atoms with Gasteiger partial charge < -0.3 is 24.8 Å². The third-order valence-electron chi connectivity index (χ3n) is 4.44. The van der Waals surface area contributed by atoms with E-state index in [0.717, 1.165) is 62.0 Å². The minimum absolute atomic E-state index is 0. The van der Waals surface area contributed by atoms with E-state index in [0.29, 0.717) is 18.9 Å². The largest absolute Gasteiger partial charge is 0.493 e. The van der Waals surface area contributed by atoms with Crippen molar-refractivity contribution in [3.63, 3.8) is 0 Å². The van der Waals surface area contributed by atoms with Crippen LogP contribution >= 0.6 is 24.0 Å². The predicted octanol–water partition coefficient (Wildman–Crippen LogP) is 4.76. The average molecular weight is 541 g/mol. The van der Waals surface area contributed by atoms with Gasteiger partial charge in [0.2, 0.25) is 0 Å². The van der Waals surface area contributed by atoms with Gasteiger partial charge in [0.05, 0.1) is 13.7 Å². The Labute approximate surface area is 203 Å². The number of hydrogen-bond donors (Lipinski definition) is 2. The zero-order valence-corrected chi connectivity index (χ0v) is 21.2. The van der Waals surface area contributed by atoms with E-state index in [4.69, 9.17) is 14.2 Å². The molecule has 0 fully saturated rings. The summed E-state index contributed by atoms with van der Waals surface area (Å²) in [6, 6.07) is 16.0. The van der Waals surface area contributed by atoms with Crippen LogP contribution in [0.2, 0.25) is 0 Å². The smallest absolute Gasteiger partial charge is 0.191 e. The number of unbranched alkanes of at least 4 members (excludes halogenated alkanes) is 1. The molecule has 7 heteroatoms. The SMILES string of the molecule is CCNC(=NCc1ccc(OCc2ccccc2)c(OC)c1)NCCCCOCC.I. The van der Waals surface area contributed by atoms with Crippen molar-refractivity contribution >= 4 is 29.9 Å². The summed E-state index contributed by atoms with van der Waals surface area (Å²) in [5.74, 6) is 2.26. The van der Waals surface area contributed by atoms with Crippen molar-refractivity contribution in [3.05, 3.63) is 59.7 Å². The topological polar surface area (TPSA) is 64.1 Å². The summed E-state index contributed by atoms with van der Waals surface area (Å²) in [6.45, 7) is 8.42. The van der Waals surface area contributed by atoms with Crippen LogP contribution in [0.3, 0.4) is 0 Å². The molecule has 172 valence electrons. The van der Waals surface area contributed by atoms with Gasteiger partial charge >= 0.3 is 0 Å². The van der Waals surface area contributed by atoms with Gasteiger partial charge in [-0.2, -0.15) is 0 Å². The lowest BCUT2D eigenvalue weighted by Crippen LogP contribution is -2.37. The Morgan fingerprint density at radius 3 is 2.45 bits per heavy atom. The summed E-state index contributed by atoms with van der Waals surface area (Å²) in [5.41, 5.74) is 2.18. The van der Waals surface area contributed by atoms with Crippen molar-refractivity contribution in [1.29, 1.82) is 0 Å². The van der Waals surface area contributed by atoms with Crippen LogP contribution in [0.15, 0.2) is 53.5 Å². The first-order chi connectivity index (χ1) is 14.8. The van der Waals surface area contributed by atoms with Gasteiger partial charge in [0.1, 0.15) is 6.61 Å². The molecule has 0 atom stereocenters. The monoisotopic (exact) mass is 541 g/mol. The third-order valence-corrected chi connectivity index (χ3v) is 4.44. The molecular formula is C24H36IN3O3. The second-order valence-corrected chi connectivity index (χ2v) is 6.79. The molecule has 0 bridgehead atoms. The summed E-state index contributed by atoms with van der Waals surface area (Å²) < 4.78 is 16.8. The molecule has 0 radical (unpaired) electrons. The lowest BCUT2D eigenvalue weighted by atomic mass is 10.2. The lowest BCUT2D eigenvalue weighted by molar-refractivity contribution is 0.143. The highest BCUT2D eigenvalue weighted by molar-refractivity contribution is 14.0. The number of aliphatic imine (C=N–C) groups is 1. The molecule has 6 nitrogen and oxygen atoms in total. The standard InChI is InChI=1S/C24H35N3O3.HI/c1-4-25-24(26-15-9-10-16-29-5-2)27-18-21-13-14-22(23(17-21)28-3)30-19-20-11-7-6-8-12-20;/h6-8,11-14,17H,4-5,9-10,15-16,18-19H2,1-3H3,(H2,25,26,27);1H. The zero-order valence-electron chi connectivity index (χ0n) is 18.9. The molecule has 0 aliphatic heterocycles. The second-order valence-electron chi connectivity index (χ2n) is 6.79. The van der Waals surface area contributed by atoms with Crippen LogP contribution in [-0.2, 0) is 17.9 Å². The Bertz CT molecular complexity index is 757. The van der Waals surface area contributed by atoms with Gasteiger partial charge in [0.15, 0.2) is 17.5 Å². The Balaban J connectivity index is 0.00000480. The normalized spacial score (nSPS) is 10.9. The van der Waals surface area contributed by atoms with Crippen LogP contribution in [-0.4, -0.2) is 39.4 Å². The van der Waals surface area contributed by atoms with E-state index in [1.807, 2.05) is 55.5 Å². The van der Waals surface area contributed by atoms with Gasteiger partial charge in [0, 0.05) is 26.3 Å². The number of guanidine groups is 1. The molecule has 0 aromatic heterocycles. The molecule has 0 aliphatic carbocycles. The summed E-state index contributed by atoms with van der Waals surface area (Å²) in [5, 5.41) is 6.66. The molecule has 0 aliphatic rings. The number of methoxy groups -OCH3 is 1. The van der Waals surface area contributed by atoms with E-state index in [2.05, 4.69) is 22.5 Å². The fraction of sp³-hybridized carbons (Fsp3) is 0.458. The van der Waals surface area contributed by atoms with E-state index < -0.39 is 0 Å². The first kappa shape index (κ1) is 27.0. The molecule has 0 heterocycles. The van der Waals surface area contributed by atoms with Crippen molar-refractivity contribution in [2.45, 2.75) is 39.8 Å².